The van der Waals surface area contributed by atoms with Crippen LogP contribution in [0, 0.1) is 0 Å². The molecule has 0 unspecified atom stereocenters. The second kappa shape index (κ2) is 9.36. The average molecular weight is 355 g/mol. The minimum absolute atomic E-state index is 0.227. The van der Waals surface area contributed by atoms with Crippen molar-refractivity contribution in [2.75, 3.05) is 19.0 Å². The first kappa shape index (κ1) is 19.2. The molecule has 1 N–H and O–H groups in total. The number of benzene rings is 2. The summed E-state index contributed by atoms with van der Waals surface area (Å²) in [6.45, 7) is 1.45. The molecule has 2 rings (SSSR count). The van der Waals surface area contributed by atoms with Crippen LogP contribution < -0.4 is 5.32 Å². The number of rotatable bonds is 7. The number of amides is 1. The minimum Gasteiger partial charge on any atom is -0.465 e. The van der Waals surface area contributed by atoms with Gasteiger partial charge in [-0.2, -0.15) is 0 Å². The van der Waals surface area contributed by atoms with Gasteiger partial charge in [-0.15, -0.1) is 0 Å². The third-order valence-corrected chi connectivity index (χ3v) is 3.85. The number of nitrogens with one attached hydrogen (secondary N) is 1. The maximum absolute atomic E-state index is 12.3. The molecular formula is C20H21NO5. The predicted molar refractivity (Wildman–Crippen MR) is 96.8 cm³/mol. The average Bonchev–Trinajstić information content (AvgIpc) is 2.67. The lowest BCUT2D eigenvalue weighted by atomic mass is 9.97. The molecular weight excluding hydrogens is 334 g/mol. The van der Waals surface area contributed by atoms with E-state index in [0.717, 1.165) is 5.56 Å². The highest BCUT2D eigenvalue weighted by atomic mass is 16.5. The van der Waals surface area contributed by atoms with Crippen LogP contribution in [0.4, 0.5) is 5.69 Å². The van der Waals surface area contributed by atoms with Crippen LogP contribution in [0.5, 0.6) is 0 Å². The first-order chi connectivity index (χ1) is 12.6. The third-order valence-electron chi connectivity index (χ3n) is 3.85. The number of anilines is 1. The Morgan fingerprint density at radius 2 is 1.65 bits per heavy atom. The second-order valence-electron chi connectivity index (χ2n) is 5.56. The standard InChI is InChI=1S/C20H21NO5/c1-3-15(14-9-5-4-6-10-14)20(24)26-13-18(22)21-17-12-8-7-11-16(17)19(23)25-2/h4-12,15H,3,13H2,1-2H3,(H,21,22)/t15-/m0/s1. The molecule has 6 nitrogen and oxygen atoms in total. The van der Waals surface area contributed by atoms with Gasteiger partial charge in [-0.25, -0.2) is 4.79 Å². The zero-order chi connectivity index (χ0) is 18.9. The second-order valence-corrected chi connectivity index (χ2v) is 5.56. The van der Waals surface area contributed by atoms with Crippen molar-refractivity contribution in [2.24, 2.45) is 0 Å². The maximum Gasteiger partial charge on any atom is 0.339 e. The first-order valence-electron chi connectivity index (χ1n) is 8.25. The van der Waals surface area contributed by atoms with Crippen molar-refractivity contribution in [2.45, 2.75) is 19.3 Å². The number of hydrogen-bond donors (Lipinski definition) is 1. The molecule has 0 aliphatic rings. The highest BCUT2D eigenvalue weighted by Crippen LogP contribution is 2.21. The van der Waals surface area contributed by atoms with E-state index in [1.54, 1.807) is 18.2 Å². The van der Waals surface area contributed by atoms with Crippen molar-refractivity contribution in [3.8, 4) is 0 Å². The van der Waals surface area contributed by atoms with E-state index in [4.69, 9.17) is 4.74 Å². The lowest BCUT2D eigenvalue weighted by Gasteiger charge is -2.15. The fraction of sp³-hybridized carbons (Fsp3) is 0.250. The summed E-state index contributed by atoms with van der Waals surface area (Å²) in [5, 5.41) is 2.56. The number of esters is 2. The summed E-state index contributed by atoms with van der Waals surface area (Å²) in [6, 6.07) is 15.7. The fourth-order valence-corrected chi connectivity index (χ4v) is 2.53. The van der Waals surface area contributed by atoms with Gasteiger partial charge in [0.25, 0.3) is 5.91 Å². The van der Waals surface area contributed by atoms with Crippen molar-refractivity contribution in [1.29, 1.82) is 0 Å². The van der Waals surface area contributed by atoms with Crippen LogP contribution in [-0.4, -0.2) is 31.6 Å². The molecule has 0 saturated heterocycles. The Balaban J connectivity index is 1.97. The molecule has 0 aromatic heterocycles. The molecule has 2 aromatic rings. The van der Waals surface area contributed by atoms with E-state index in [1.165, 1.54) is 13.2 Å². The number of carbonyl (C=O) groups is 3. The molecule has 0 heterocycles. The van der Waals surface area contributed by atoms with Crippen molar-refractivity contribution in [3.63, 3.8) is 0 Å². The van der Waals surface area contributed by atoms with Gasteiger partial charge in [-0.3, -0.25) is 9.59 Å². The normalized spacial score (nSPS) is 11.3. The summed E-state index contributed by atoms with van der Waals surface area (Å²) < 4.78 is 9.82. The molecule has 136 valence electrons. The largest absolute Gasteiger partial charge is 0.465 e. The van der Waals surface area contributed by atoms with Crippen LogP contribution in [0.3, 0.4) is 0 Å². The van der Waals surface area contributed by atoms with Gasteiger partial charge in [0, 0.05) is 0 Å². The van der Waals surface area contributed by atoms with Gasteiger partial charge in [0.15, 0.2) is 6.61 Å². The highest BCUT2D eigenvalue weighted by molar-refractivity contribution is 6.01. The summed E-state index contributed by atoms with van der Waals surface area (Å²) in [7, 11) is 1.26. The topological polar surface area (TPSA) is 81.7 Å². The van der Waals surface area contributed by atoms with E-state index < -0.39 is 30.4 Å². The van der Waals surface area contributed by atoms with Crippen LogP contribution in [0.15, 0.2) is 54.6 Å². The summed E-state index contributed by atoms with van der Waals surface area (Å²) >= 11 is 0. The molecule has 0 bridgehead atoms. The van der Waals surface area contributed by atoms with Gasteiger partial charge < -0.3 is 14.8 Å². The molecule has 6 heteroatoms. The Hall–Kier alpha value is -3.15. The van der Waals surface area contributed by atoms with Crippen molar-refractivity contribution in [3.05, 3.63) is 65.7 Å². The van der Waals surface area contributed by atoms with Crippen molar-refractivity contribution in [1.82, 2.24) is 0 Å². The molecule has 26 heavy (non-hydrogen) atoms. The van der Waals surface area contributed by atoms with E-state index in [0.29, 0.717) is 12.1 Å². The molecule has 0 radical (unpaired) electrons. The number of methoxy groups -OCH3 is 1. The Morgan fingerprint density at radius 3 is 2.31 bits per heavy atom. The summed E-state index contributed by atoms with van der Waals surface area (Å²) in [5.74, 6) is -1.98. The van der Waals surface area contributed by atoms with Crippen LogP contribution in [0.1, 0.15) is 35.2 Å². The predicted octanol–water partition coefficient (Wildman–Crippen LogP) is 3.15. The first-order valence-corrected chi connectivity index (χ1v) is 8.25. The van der Waals surface area contributed by atoms with Gasteiger partial charge in [0.1, 0.15) is 0 Å². The molecule has 0 fully saturated rings. The monoisotopic (exact) mass is 355 g/mol. The number of ether oxygens (including phenoxy) is 2. The quantitative estimate of drug-likeness (QED) is 0.772. The zero-order valence-corrected chi connectivity index (χ0v) is 14.7. The number of para-hydroxylation sites is 1. The Labute approximate surface area is 152 Å². The van der Waals surface area contributed by atoms with Gasteiger partial charge >= 0.3 is 11.9 Å². The Morgan fingerprint density at radius 1 is 1.00 bits per heavy atom. The van der Waals surface area contributed by atoms with Crippen LogP contribution in [0.2, 0.25) is 0 Å². The maximum atomic E-state index is 12.3. The Kier molecular flexibility index (Phi) is 6.91. The van der Waals surface area contributed by atoms with Gasteiger partial charge in [-0.05, 0) is 24.1 Å². The third kappa shape index (κ3) is 4.92. The van der Waals surface area contributed by atoms with E-state index >= 15 is 0 Å². The van der Waals surface area contributed by atoms with Gasteiger partial charge in [-0.1, -0.05) is 49.4 Å². The van der Waals surface area contributed by atoms with Crippen molar-refractivity contribution < 1.29 is 23.9 Å². The Bertz CT molecular complexity index is 773. The summed E-state index contributed by atoms with van der Waals surface area (Å²) in [6.07, 6.45) is 0.565. The van der Waals surface area contributed by atoms with E-state index in [2.05, 4.69) is 10.1 Å². The summed E-state index contributed by atoms with van der Waals surface area (Å²) in [5.41, 5.74) is 1.37. The molecule has 0 saturated carbocycles. The van der Waals surface area contributed by atoms with E-state index in [9.17, 15) is 14.4 Å². The molecule has 0 aliphatic heterocycles. The van der Waals surface area contributed by atoms with Gasteiger partial charge in [0.2, 0.25) is 0 Å². The van der Waals surface area contributed by atoms with Crippen molar-refractivity contribution >= 4 is 23.5 Å². The smallest absolute Gasteiger partial charge is 0.339 e. The summed E-state index contributed by atoms with van der Waals surface area (Å²) in [4.78, 5) is 36.1. The molecule has 1 amide bonds. The van der Waals surface area contributed by atoms with E-state index in [-0.39, 0.29) is 5.56 Å². The van der Waals surface area contributed by atoms with Crippen LogP contribution in [-0.2, 0) is 19.1 Å². The van der Waals surface area contributed by atoms with Gasteiger partial charge in [0.05, 0.1) is 24.3 Å². The molecule has 0 spiro atoms. The zero-order valence-electron chi connectivity index (χ0n) is 14.7. The number of carbonyl (C=O) groups excluding carboxylic acids is 3. The lowest BCUT2D eigenvalue weighted by Crippen LogP contribution is -2.24. The fourth-order valence-electron chi connectivity index (χ4n) is 2.53. The molecule has 1 atom stereocenters. The highest BCUT2D eigenvalue weighted by Gasteiger charge is 2.21. The number of hydrogen-bond acceptors (Lipinski definition) is 5. The molecule has 2 aromatic carbocycles. The molecule has 0 aliphatic carbocycles. The SMILES string of the molecule is CC[C@H](C(=O)OCC(=O)Nc1ccccc1C(=O)OC)c1ccccc1. The lowest BCUT2D eigenvalue weighted by molar-refractivity contribution is -0.149. The van der Waals surface area contributed by atoms with E-state index in [1.807, 2.05) is 37.3 Å². The van der Waals surface area contributed by atoms with Crippen LogP contribution >= 0.6 is 0 Å². The van der Waals surface area contributed by atoms with Crippen LogP contribution in [0.25, 0.3) is 0 Å². The minimum atomic E-state index is -0.562.